The van der Waals surface area contributed by atoms with E-state index in [0.717, 1.165) is 90.6 Å². The highest BCUT2D eigenvalue weighted by atomic mass is 19.1. The van der Waals surface area contributed by atoms with E-state index in [9.17, 15) is 27.8 Å². The molecule has 0 atom stereocenters. The van der Waals surface area contributed by atoms with Crippen LogP contribution >= 0.6 is 0 Å². The molecule has 300 valence electrons. The molecule has 2 aromatic rings. The third-order valence-electron chi connectivity index (χ3n) is 11.0. The van der Waals surface area contributed by atoms with Crippen LogP contribution in [0.15, 0.2) is 24.3 Å². The maximum absolute atomic E-state index is 13.4. The number of hydrogen-bond acceptors (Lipinski definition) is 7. The summed E-state index contributed by atoms with van der Waals surface area (Å²) >= 11 is 0. The molecule has 2 heterocycles. The minimum absolute atomic E-state index is 0.258. The number of benzene rings is 2. The van der Waals surface area contributed by atoms with Crippen LogP contribution in [-0.2, 0) is 17.8 Å². The molecule has 0 aromatic heterocycles. The molecular weight excluding hydrogens is 684 g/mol. The van der Waals surface area contributed by atoms with Crippen LogP contribution in [0.3, 0.4) is 0 Å². The van der Waals surface area contributed by atoms with E-state index in [1.54, 1.807) is 0 Å². The quantitative estimate of drug-likeness (QED) is 0.0565. The predicted molar refractivity (Wildman–Crippen MR) is 204 cm³/mol. The molecule has 2 aliphatic heterocycles. The van der Waals surface area contributed by atoms with Crippen LogP contribution < -0.4 is 10.6 Å². The van der Waals surface area contributed by atoms with Gasteiger partial charge < -0.3 is 35.4 Å². The molecule has 53 heavy (non-hydrogen) atoms. The van der Waals surface area contributed by atoms with Gasteiger partial charge in [-0.2, -0.15) is 0 Å². The lowest BCUT2D eigenvalue weighted by Crippen LogP contribution is -2.42. The number of likely N-dealkylation sites (tertiary alicyclic amines) is 2. The first kappa shape index (κ1) is 43.3. The number of halogens is 4. The number of phenols is 2. The van der Waals surface area contributed by atoms with Crippen molar-refractivity contribution in [2.75, 3.05) is 52.4 Å². The summed E-state index contributed by atoms with van der Waals surface area (Å²) in [6, 6.07) is 3.74. The van der Waals surface area contributed by atoms with Gasteiger partial charge in [0.05, 0.1) is 12.2 Å². The Morgan fingerprint density at radius 3 is 1.23 bits per heavy atom. The number of ether oxygens (including phenoxy) is 1. The summed E-state index contributed by atoms with van der Waals surface area (Å²) in [7, 11) is 0. The Balaban J connectivity index is 0.878. The summed E-state index contributed by atoms with van der Waals surface area (Å²) in [5.41, 5.74) is 0.517. The van der Waals surface area contributed by atoms with Gasteiger partial charge in [0.2, 0.25) is 0 Å². The average molecular weight is 751 g/mol. The molecule has 4 N–H and O–H groups in total. The molecule has 0 radical (unpaired) electrons. The summed E-state index contributed by atoms with van der Waals surface area (Å²) in [6.45, 7) is 9.05. The average Bonchev–Trinajstić information content (AvgIpc) is 3.14. The van der Waals surface area contributed by atoms with Gasteiger partial charge in [0.25, 0.3) is 0 Å². The first-order valence-electron chi connectivity index (χ1n) is 20.6. The third-order valence-corrected chi connectivity index (χ3v) is 11.0. The second-order valence-electron chi connectivity index (χ2n) is 15.3. The largest absolute Gasteiger partial charge is 0.505 e. The van der Waals surface area contributed by atoms with E-state index in [1.165, 1.54) is 89.4 Å². The van der Waals surface area contributed by atoms with Crippen molar-refractivity contribution in [2.24, 2.45) is 0 Å². The van der Waals surface area contributed by atoms with Crippen molar-refractivity contribution in [3.8, 4) is 11.5 Å². The lowest BCUT2D eigenvalue weighted by molar-refractivity contribution is -0.0650. The fourth-order valence-electron chi connectivity index (χ4n) is 7.70. The van der Waals surface area contributed by atoms with Crippen molar-refractivity contribution in [1.82, 2.24) is 20.4 Å². The van der Waals surface area contributed by atoms with Crippen LogP contribution in [0.25, 0.3) is 0 Å². The highest BCUT2D eigenvalue weighted by Gasteiger charge is 2.25. The topological polar surface area (TPSA) is 80.2 Å². The zero-order valence-corrected chi connectivity index (χ0v) is 32.0. The second kappa shape index (κ2) is 24.9. The number of rotatable bonds is 26. The van der Waals surface area contributed by atoms with Gasteiger partial charge in [-0.3, -0.25) is 0 Å². The van der Waals surface area contributed by atoms with Gasteiger partial charge in [-0.05, 0) is 89.7 Å². The fraction of sp³-hybridized carbons (Fsp3) is 0.714. The maximum atomic E-state index is 13.4. The molecule has 2 aliphatic rings. The second-order valence-corrected chi connectivity index (χ2v) is 15.3. The molecule has 0 saturated carbocycles. The van der Waals surface area contributed by atoms with Crippen molar-refractivity contribution < 1.29 is 32.5 Å². The van der Waals surface area contributed by atoms with Crippen molar-refractivity contribution in [3.05, 3.63) is 58.7 Å². The molecule has 0 spiro atoms. The number of aromatic hydroxyl groups is 2. The van der Waals surface area contributed by atoms with Gasteiger partial charge in [-0.15, -0.1) is 0 Å². The number of hydrogen-bond donors (Lipinski definition) is 4. The predicted octanol–water partition coefficient (Wildman–Crippen LogP) is 8.94. The molecule has 0 bridgehead atoms. The number of unbranched alkanes of at least 4 members (excludes halogenated alkanes) is 12. The minimum atomic E-state index is -0.915. The molecule has 2 aromatic carbocycles. The van der Waals surface area contributed by atoms with E-state index in [2.05, 4.69) is 20.4 Å². The SMILES string of the molecule is Oc1c(F)cc(F)cc1CNCCCCCCCCCN1CCC(OC2CCN(CCCCCCCCCNCc3cc(F)cc(F)c3O)CC2)CC1. The molecule has 0 unspecified atom stereocenters. The summed E-state index contributed by atoms with van der Waals surface area (Å²) in [4.78, 5) is 5.23. The lowest BCUT2D eigenvalue weighted by Gasteiger charge is -2.37. The number of phenolic OH excluding ortho intramolecular Hbond substituents is 2. The molecular formula is C42H66F4N4O3. The summed E-state index contributed by atoms with van der Waals surface area (Å²) < 4.78 is 60.1. The normalized spacial score (nSPS) is 16.5. The van der Waals surface area contributed by atoms with Crippen molar-refractivity contribution in [1.29, 1.82) is 0 Å². The summed E-state index contributed by atoms with van der Waals surface area (Å²) in [5.74, 6) is -4.11. The minimum Gasteiger partial charge on any atom is -0.505 e. The molecule has 2 saturated heterocycles. The van der Waals surface area contributed by atoms with Crippen LogP contribution in [0.2, 0.25) is 0 Å². The van der Waals surface area contributed by atoms with E-state index in [-0.39, 0.29) is 24.2 Å². The van der Waals surface area contributed by atoms with Gasteiger partial charge in [-0.1, -0.05) is 64.2 Å². The van der Waals surface area contributed by atoms with Crippen LogP contribution in [0.1, 0.15) is 127 Å². The summed E-state index contributed by atoms with van der Waals surface area (Å²) in [5, 5.41) is 25.8. The van der Waals surface area contributed by atoms with Crippen molar-refractivity contribution >= 4 is 0 Å². The van der Waals surface area contributed by atoms with E-state index >= 15 is 0 Å². The van der Waals surface area contributed by atoms with Crippen LogP contribution in [0, 0.1) is 23.3 Å². The Bertz CT molecular complexity index is 1210. The highest BCUT2D eigenvalue weighted by Crippen LogP contribution is 2.25. The van der Waals surface area contributed by atoms with Gasteiger partial charge in [0.15, 0.2) is 23.1 Å². The first-order valence-corrected chi connectivity index (χ1v) is 20.6. The zero-order valence-electron chi connectivity index (χ0n) is 32.0. The molecule has 7 nitrogen and oxygen atoms in total. The van der Waals surface area contributed by atoms with E-state index in [4.69, 9.17) is 4.74 Å². The smallest absolute Gasteiger partial charge is 0.168 e. The lowest BCUT2D eigenvalue weighted by atomic mass is 10.0. The molecule has 0 amide bonds. The number of nitrogens with zero attached hydrogens (tertiary/aromatic N) is 2. The molecule has 4 rings (SSSR count). The van der Waals surface area contributed by atoms with Crippen molar-refractivity contribution in [3.63, 3.8) is 0 Å². The monoisotopic (exact) mass is 751 g/mol. The Hall–Kier alpha value is -2.44. The van der Waals surface area contributed by atoms with Crippen molar-refractivity contribution in [2.45, 2.75) is 141 Å². The van der Waals surface area contributed by atoms with Gasteiger partial charge in [0, 0.05) is 62.5 Å². The van der Waals surface area contributed by atoms with E-state index in [0.29, 0.717) is 24.3 Å². The van der Waals surface area contributed by atoms with Gasteiger partial charge in [0.1, 0.15) is 11.6 Å². The van der Waals surface area contributed by atoms with Gasteiger partial charge >= 0.3 is 0 Å². The highest BCUT2D eigenvalue weighted by molar-refractivity contribution is 5.34. The Labute approximate surface area is 315 Å². The third kappa shape index (κ3) is 16.9. The first-order chi connectivity index (χ1) is 25.8. The van der Waals surface area contributed by atoms with Crippen LogP contribution in [-0.4, -0.2) is 84.6 Å². The van der Waals surface area contributed by atoms with Crippen LogP contribution in [0.4, 0.5) is 17.6 Å². The van der Waals surface area contributed by atoms with Gasteiger partial charge in [-0.25, -0.2) is 17.6 Å². The Kier molecular flexibility index (Phi) is 20.3. The Morgan fingerprint density at radius 2 is 0.849 bits per heavy atom. The fourth-order valence-corrected chi connectivity index (χ4v) is 7.70. The van der Waals surface area contributed by atoms with E-state index < -0.39 is 34.8 Å². The zero-order chi connectivity index (χ0) is 37.7. The molecule has 0 aliphatic carbocycles. The van der Waals surface area contributed by atoms with Crippen LogP contribution in [0.5, 0.6) is 11.5 Å². The van der Waals surface area contributed by atoms with E-state index in [1.807, 2.05) is 0 Å². The summed E-state index contributed by atoms with van der Waals surface area (Å²) in [6.07, 6.45) is 22.2. The molecule has 11 heteroatoms. The maximum Gasteiger partial charge on any atom is 0.168 e. The molecule has 2 fully saturated rings. The Morgan fingerprint density at radius 1 is 0.509 bits per heavy atom. The number of nitrogens with one attached hydrogen (secondary N) is 2. The standard InChI is InChI=1S/C42H66F4N4O3/c43-35-27-33(41(51)39(45)29-35)31-47-19-11-7-3-1-5-9-13-21-49-23-15-37(16-24-49)53-38-17-25-50(26-18-38)22-14-10-6-2-4-8-12-20-48-32-34-28-36(44)30-40(46)42(34)52/h27-30,37-38,47-48,51-52H,1-26,31-32H2. The number of piperidine rings is 2.